The Labute approximate surface area is 154 Å². The smallest absolute Gasteiger partial charge is 0.698 e. The SMILES string of the molecule is [NH-]c1cnc2ccc(Cl)nc2c1[N-]C1CCNCC1.[Th+2]. The topological polar surface area (TPSA) is 75.7 Å². The molecule has 0 spiro atoms. The first-order valence-electron chi connectivity index (χ1n) is 6.32. The Hall–Kier alpha value is -0.265. The van der Waals surface area contributed by atoms with Crippen molar-refractivity contribution in [3.05, 3.63) is 34.5 Å². The Bertz CT molecular complexity index is 595. The molecule has 1 aliphatic heterocycles. The fourth-order valence-corrected chi connectivity index (χ4v) is 2.43. The number of nitrogens with zero attached hydrogens (tertiary/aromatic N) is 3. The van der Waals surface area contributed by atoms with Gasteiger partial charge in [0.2, 0.25) is 0 Å². The monoisotopic (exact) mass is 507 g/mol. The Morgan fingerprint density at radius 3 is 2.80 bits per heavy atom. The predicted molar refractivity (Wildman–Crippen MR) is 77.4 cm³/mol. The zero-order valence-corrected chi connectivity index (χ0v) is 15.7. The van der Waals surface area contributed by atoms with Crippen molar-refractivity contribution >= 4 is 34.0 Å². The van der Waals surface area contributed by atoms with Crippen LogP contribution in [-0.4, -0.2) is 29.1 Å². The molecular weight excluding hydrogens is 494 g/mol. The molecular formula is C13H14ClN5Th. The number of nitrogens with one attached hydrogen (secondary N) is 2. The van der Waals surface area contributed by atoms with E-state index in [2.05, 4.69) is 15.3 Å². The predicted octanol–water partition coefficient (Wildman–Crippen LogP) is 3.72. The molecule has 0 atom stereocenters. The summed E-state index contributed by atoms with van der Waals surface area (Å²) in [6, 6.07) is 3.76. The van der Waals surface area contributed by atoms with Crippen molar-refractivity contribution in [2.45, 2.75) is 18.9 Å². The maximum absolute atomic E-state index is 7.99. The Morgan fingerprint density at radius 1 is 1.30 bits per heavy atom. The van der Waals surface area contributed by atoms with Crippen LogP contribution in [0.1, 0.15) is 12.8 Å². The normalized spacial score (nSPS) is 15.8. The van der Waals surface area contributed by atoms with Gasteiger partial charge in [0.1, 0.15) is 5.15 Å². The van der Waals surface area contributed by atoms with Gasteiger partial charge in [-0.25, -0.2) is 4.98 Å². The number of aromatic nitrogens is 2. The first-order chi connectivity index (χ1) is 9.24. The molecule has 3 rings (SSSR count). The van der Waals surface area contributed by atoms with E-state index in [1.807, 2.05) is 6.07 Å². The molecule has 7 heteroatoms. The van der Waals surface area contributed by atoms with Crippen LogP contribution in [0.3, 0.4) is 0 Å². The van der Waals surface area contributed by atoms with Crippen molar-refractivity contribution in [1.29, 1.82) is 0 Å². The van der Waals surface area contributed by atoms with E-state index in [-0.39, 0.29) is 46.0 Å². The number of hydrogen-bond acceptors (Lipinski definition) is 3. The number of rotatable bonds is 2. The third-order valence-corrected chi connectivity index (χ3v) is 3.48. The van der Waals surface area contributed by atoms with Crippen LogP contribution in [0.4, 0.5) is 11.4 Å². The van der Waals surface area contributed by atoms with Gasteiger partial charge in [0, 0.05) is 6.20 Å². The Balaban J connectivity index is 0.00000147. The quantitative estimate of drug-likeness (QED) is 0.630. The second-order valence-corrected chi connectivity index (χ2v) is 5.02. The molecule has 2 aromatic rings. The summed E-state index contributed by atoms with van der Waals surface area (Å²) in [7, 11) is 0. The zero-order chi connectivity index (χ0) is 13.2. The van der Waals surface area contributed by atoms with Crippen molar-refractivity contribution < 1.29 is 39.9 Å². The first-order valence-corrected chi connectivity index (χ1v) is 6.70. The van der Waals surface area contributed by atoms with E-state index in [1.165, 1.54) is 6.20 Å². The molecule has 0 unspecified atom stereocenters. The minimum absolute atomic E-state index is 0. The molecule has 2 N–H and O–H groups in total. The minimum Gasteiger partial charge on any atom is -0.698 e. The third-order valence-electron chi connectivity index (χ3n) is 3.27. The number of fused-ring (bicyclic) bond motifs is 1. The van der Waals surface area contributed by atoms with E-state index >= 15 is 0 Å². The number of halogens is 1. The van der Waals surface area contributed by atoms with Gasteiger partial charge in [0.25, 0.3) is 0 Å². The largest absolute Gasteiger partial charge is 2.00 e. The summed E-state index contributed by atoms with van der Waals surface area (Å²) < 4.78 is 0. The maximum atomic E-state index is 7.99. The summed E-state index contributed by atoms with van der Waals surface area (Å²) in [5.74, 6) is 0. The van der Waals surface area contributed by atoms with E-state index in [0.717, 1.165) is 31.4 Å². The zero-order valence-electron chi connectivity index (χ0n) is 10.9. The van der Waals surface area contributed by atoms with Gasteiger partial charge in [-0.05, 0) is 25.2 Å². The third kappa shape index (κ3) is 3.49. The second-order valence-electron chi connectivity index (χ2n) is 4.63. The van der Waals surface area contributed by atoms with Crippen LogP contribution in [0.15, 0.2) is 18.3 Å². The first kappa shape index (κ1) is 16.1. The van der Waals surface area contributed by atoms with Crippen LogP contribution in [0, 0.1) is 39.9 Å². The van der Waals surface area contributed by atoms with Crippen molar-refractivity contribution in [2.75, 3.05) is 13.1 Å². The van der Waals surface area contributed by atoms with E-state index in [4.69, 9.17) is 22.7 Å². The van der Waals surface area contributed by atoms with Gasteiger partial charge in [-0.1, -0.05) is 24.4 Å². The van der Waals surface area contributed by atoms with Crippen LogP contribution in [0.5, 0.6) is 0 Å². The van der Waals surface area contributed by atoms with E-state index in [9.17, 15) is 0 Å². The number of piperidine rings is 1. The Kier molecular flexibility index (Phi) is 5.75. The summed E-state index contributed by atoms with van der Waals surface area (Å²) in [6.45, 7) is 1.94. The molecule has 1 saturated heterocycles. The molecule has 0 aliphatic carbocycles. The Morgan fingerprint density at radius 2 is 2.05 bits per heavy atom. The van der Waals surface area contributed by atoms with Gasteiger partial charge in [0.15, 0.2) is 0 Å². The van der Waals surface area contributed by atoms with E-state index in [1.54, 1.807) is 6.07 Å². The molecule has 0 aromatic carbocycles. The minimum atomic E-state index is 0. The maximum Gasteiger partial charge on any atom is 2.00 e. The molecule has 5 nitrogen and oxygen atoms in total. The fraction of sp³-hybridized carbons (Fsp3) is 0.385. The van der Waals surface area contributed by atoms with Crippen molar-refractivity contribution in [3.63, 3.8) is 0 Å². The molecule has 2 aromatic heterocycles. The van der Waals surface area contributed by atoms with Gasteiger partial charge >= 0.3 is 39.9 Å². The van der Waals surface area contributed by atoms with E-state index < -0.39 is 0 Å². The number of pyridine rings is 2. The molecule has 20 heavy (non-hydrogen) atoms. The summed E-state index contributed by atoms with van der Waals surface area (Å²) in [5.41, 5.74) is 10.3. The van der Waals surface area contributed by atoms with Crippen molar-refractivity contribution in [2.24, 2.45) is 0 Å². The second kappa shape index (κ2) is 7.14. The van der Waals surface area contributed by atoms with Gasteiger partial charge in [-0.3, -0.25) is 4.98 Å². The fourth-order valence-electron chi connectivity index (χ4n) is 2.28. The molecule has 1 fully saturated rings. The van der Waals surface area contributed by atoms with Crippen LogP contribution in [-0.2, 0) is 0 Å². The van der Waals surface area contributed by atoms with Gasteiger partial charge in [-0.2, -0.15) is 0 Å². The average Bonchev–Trinajstić information content (AvgIpc) is 2.43. The molecule has 0 amide bonds. The standard InChI is InChI=1S/C13H14ClN5.Th/c14-11-2-1-10-13(19-11)12(9(15)7-17-10)18-8-3-5-16-6-4-8;/h1-2,7-8,15-16H,3-6H2;/q-2;+2. The van der Waals surface area contributed by atoms with Crippen LogP contribution in [0.25, 0.3) is 22.1 Å². The molecule has 0 radical (unpaired) electrons. The summed E-state index contributed by atoms with van der Waals surface area (Å²) in [6.07, 6.45) is 3.51. The molecule has 102 valence electrons. The summed E-state index contributed by atoms with van der Waals surface area (Å²) in [4.78, 5) is 8.47. The van der Waals surface area contributed by atoms with Crippen molar-refractivity contribution in [3.8, 4) is 0 Å². The van der Waals surface area contributed by atoms with Gasteiger partial charge in [0.05, 0.1) is 11.0 Å². The average molecular weight is 508 g/mol. The molecule has 0 bridgehead atoms. The molecule has 0 saturated carbocycles. The van der Waals surface area contributed by atoms with Crippen LogP contribution in [0.2, 0.25) is 5.15 Å². The number of hydrogen-bond donors (Lipinski definition) is 1. The van der Waals surface area contributed by atoms with Gasteiger partial charge in [-0.15, -0.1) is 17.4 Å². The summed E-state index contributed by atoms with van der Waals surface area (Å²) >= 11 is 5.93. The van der Waals surface area contributed by atoms with Gasteiger partial charge < -0.3 is 16.4 Å². The summed E-state index contributed by atoms with van der Waals surface area (Å²) in [5, 5.41) is 8.41. The molecule has 3 heterocycles. The van der Waals surface area contributed by atoms with E-state index in [0.29, 0.717) is 22.0 Å². The molecule has 1 aliphatic rings. The van der Waals surface area contributed by atoms with Crippen molar-refractivity contribution in [1.82, 2.24) is 15.3 Å². The van der Waals surface area contributed by atoms with Crippen LogP contribution >= 0.6 is 11.6 Å². The van der Waals surface area contributed by atoms with Crippen LogP contribution < -0.4 is 5.32 Å².